The molecule has 112 valence electrons. The lowest BCUT2D eigenvalue weighted by Gasteiger charge is -2.27. The molecule has 1 amide bonds. The van der Waals surface area contributed by atoms with Crippen LogP contribution in [0.15, 0.2) is 42.1 Å². The van der Waals surface area contributed by atoms with Crippen LogP contribution < -0.4 is 0 Å². The number of rotatable bonds is 4. The summed E-state index contributed by atoms with van der Waals surface area (Å²) in [5.41, 5.74) is 0.956. The van der Waals surface area contributed by atoms with Crippen molar-refractivity contribution in [2.45, 2.75) is 26.7 Å². The molecule has 0 unspecified atom stereocenters. The third-order valence-corrected chi connectivity index (χ3v) is 3.24. The van der Waals surface area contributed by atoms with Crippen molar-refractivity contribution in [1.82, 2.24) is 4.90 Å². The zero-order chi connectivity index (χ0) is 15.2. The van der Waals surface area contributed by atoms with Crippen LogP contribution in [0.25, 0.3) is 0 Å². The molecule has 0 aliphatic carbocycles. The maximum absolute atomic E-state index is 12.5. The highest BCUT2D eigenvalue weighted by Gasteiger charge is 2.27. The molecule has 0 aromatic heterocycles. The molecule has 0 bridgehead atoms. The number of amides is 1. The first-order valence-electron chi connectivity index (χ1n) is 7.34. The Morgan fingerprint density at radius 3 is 2.62 bits per heavy atom. The van der Waals surface area contributed by atoms with Gasteiger partial charge in [0.2, 0.25) is 0 Å². The van der Waals surface area contributed by atoms with Crippen molar-refractivity contribution in [2.75, 3.05) is 13.2 Å². The van der Waals surface area contributed by atoms with Crippen LogP contribution in [0, 0.1) is 5.92 Å². The Balaban J connectivity index is 2.14. The fourth-order valence-electron chi connectivity index (χ4n) is 2.18. The van der Waals surface area contributed by atoms with Crippen molar-refractivity contribution in [1.29, 1.82) is 0 Å². The molecule has 0 fully saturated rings. The van der Waals surface area contributed by atoms with Crippen LogP contribution in [0.3, 0.4) is 0 Å². The lowest BCUT2D eigenvalue weighted by atomic mass is 10.1. The molecule has 0 saturated heterocycles. The van der Waals surface area contributed by atoms with Gasteiger partial charge >= 0.3 is 5.97 Å². The molecule has 2 rings (SSSR count). The van der Waals surface area contributed by atoms with Crippen molar-refractivity contribution in [3.05, 3.63) is 47.7 Å². The van der Waals surface area contributed by atoms with Crippen LogP contribution in [-0.4, -0.2) is 29.9 Å². The topological polar surface area (TPSA) is 46.6 Å². The minimum Gasteiger partial charge on any atom is -0.461 e. The van der Waals surface area contributed by atoms with Gasteiger partial charge in [0.05, 0.1) is 6.61 Å². The van der Waals surface area contributed by atoms with E-state index in [0.717, 1.165) is 12.8 Å². The Morgan fingerprint density at radius 2 is 1.95 bits per heavy atom. The first-order chi connectivity index (χ1) is 10.1. The van der Waals surface area contributed by atoms with Crippen LogP contribution in [0.1, 0.15) is 37.0 Å². The minimum absolute atomic E-state index is 0.150. The van der Waals surface area contributed by atoms with Crippen molar-refractivity contribution < 1.29 is 14.3 Å². The van der Waals surface area contributed by atoms with Crippen LogP contribution in [-0.2, 0) is 9.53 Å². The van der Waals surface area contributed by atoms with Gasteiger partial charge in [-0.1, -0.05) is 38.1 Å². The number of ether oxygens (including phenoxy) is 1. The molecule has 4 heteroatoms. The van der Waals surface area contributed by atoms with Gasteiger partial charge in [-0.25, -0.2) is 4.79 Å². The van der Waals surface area contributed by atoms with Gasteiger partial charge in [-0.15, -0.1) is 0 Å². The Labute approximate surface area is 125 Å². The van der Waals surface area contributed by atoms with Gasteiger partial charge in [-0.05, 0) is 30.9 Å². The quantitative estimate of drug-likeness (QED) is 0.800. The van der Waals surface area contributed by atoms with E-state index in [9.17, 15) is 9.59 Å². The molecule has 1 aliphatic rings. The highest BCUT2D eigenvalue weighted by Crippen LogP contribution is 2.19. The fraction of sp³-hybridized carbons (Fsp3) is 0.412. The summed E-state index contributed by atoms with van der Waals surface area (Å²) in [6, 6.07) is 9.01. The first kappa shape index (κ1) is 15.3. The SMILES string of the molecule is CC(C)COC(=O)C1=CCCCN1C(=O)c1ccccc1. The predicted octanol–water partition coefficient (Wildman–Crippen LogP) is 3.01. The summed E-state index contributed by atoms with van der Waals surface area (Å²) in [5.74, 6) is -0.285. The van der Waals surface area contributed by atoms with E-state index in [1.54, 1.807) is 18.2 Å². The summed E-state index contributed by atoms with van der Waals surface area (Å²) in [6.45, 7) is 4.88. The number of carbonyl (C=O) groups excluding carboxylic acids is 2. The van der Waals surface area contributed by atoms with E-state index < -0.39 is 5.97 Å². The number of benzene rings is 1. The Bertz CT molecular complexity index is 534. The average molecular weight is 287 g/mol. The van der Waals surface area contributed by atoms with E-state index in [2.05, 4.69) is 0 Å². The van der Waals surface area contributed by atoms with Crippen molar-refractivity contribution in [3.63, 3.8) is 0 Å². The number of nitrogens with zero attached hydrogens (tertiary/aromatic N) is 1. The lowest BCUT2D eigenvalue weighted by Crippen LogP contribution is -2.37. The molecule has 0 saturated carbocycles. The molecule has 21 heavy (non-hydrogen) atoms. The van der Waals surface area contributed by atoms with E-state index in [1.807, 2.05) is 32.0 Å². The number of hydrogen-bond donors (Lipinski definition) is 0. The summed E-state index contributed by atoms with van der Waals surface area (Å²) in [7, 11) is 0. The van der Waals surface area contributed by atoms with E-state index in [0.29, 0.717) is 24.4 Å². The minimum atomic E-state index is -0.410. The second-order valence-corrected chi connectivity index (χ2v) is 5.55. The molecular weight excluding hydrogens is 266 g/mol. The van der Waals surface area contributed by atoms with E-state index in [-0.39, 0.29) is 11.8 Å². The van der Waals surface area contributed by atoms with Gasteiger partial charge in [0.25, 0.3) is 5.91 Å². The monoisotopic (exact) mass is 287 g/mol. The van der Waals surface area contributed by atoms with Crippen LogP contribution in [0.2, 0.25) is 0 Å². The summed E-state index contributed by atoms with van der Waals surface area (Å²) in [4.78, 5) is 26.2. The van der Waals surface area contributed by atoms with Crippen LogP contribution in [0.5, 0.6) is 0 Å². The Kier molecular flexibility index (Phi) is 5.14. The van der Waals surface area contributed by atoms with Gasteiger partial charge in [0, 0.05) is 12.1 Å². The number of allylic oxidation sites excluding steroid dienone is 1. The number of esters is 1. The second kappa shape index (κ2) is 7.07. The number of hydrogen-bond acceptors (Lipinski definition) is 3. The summed E-state index contributed by atoms with van der Waals surface area (Å²) < 4.78 is 5.26. The molecule has 0 spiro atoms. The molecule has 0 N–H and O–H groups in total. The normalized spacial score (nSPS) is 14.8. The van der Waals surface area contributed by atoms with Crippen molar-refractivity contribution in [3.8, 4) is 0 Å². The highest BCUT2D eigenvalue weighted by atomic mass is 16.5. The summed E-state index contributed by atoms with van der Waals surface area (Å²) >= 11 is 0. The maximum atomic E-state index is 12.5. The first-order valence-corrected chi connectivity index (χ1v) is 7.34. The molecule has 0 radical (unpaired) electrons. The zero-order valence-corrected chi connectivity index (χ0v) is 12.5. The molecule has 4 nitrogen and oxygen atoms in total. The van der Waals surface area contributed by atoms with Crippen molar-refractivity contribution >= 4 is 11.9 Å². The molecule has 1 aliphatic heterocycles. The lowest BCUT2D eigenvalue weighted by molar-refractivity contribution is -0.141. The Morgan fingerprint density at radius 1 is 1.24 bits per heavy atom. The maximum Gasteiger partial charge on any atom is 0.354 e. The van der Waals surface area contributed by atoms with Gasteiger partial charge in [-0.3, -0.25) is 4.79 Å². The van der Waals surface area contributed by atoms with Gasteiger partial charge in [0.1, 0.15) is 5.70 Å². The van der Waals surface area contributed by atoms with Gasteiger partial charge in [0.15, 0.2) is 0 Å². The molecule has 1 heterocycles. The van der Waals surface area contributed by atoms with E-state index in [4.69, 9.17) is 4.74 Å². The standard InChI is InChI=1S/C17H21NO3/c1-13(2)12-21-17(20)15-10-6-7-11-18(15)16(19)14-8-4-3-5-9-14/h3-5,8-10,13H,6-7,11-12H2,1-2H3. The van der Waals surface area contributed by atoms with E-state index >= 15 is 0 Å². The third kappa shape index (κ3) is 3.94. The molecular formula is C17H21NO3. The second-order valence-electron chi connectivity index (χ2n) is 5.55. The van der Waals surface area contributed by atoms with Gasteiger partial charge < -0.3 is 9.64 Å². The Hall–Kier alpha value is -2.10. The third-order valence-electron chi connectivity index (χ3n) is 3.24. The van der Waals surface area contributed by atoms with E-state index in [1.165, 1.54) is 4.90 Å². The molecule has 1 aromatic rings. The smallest absolute Gasteiger partial charge is 0.354 e. The van der Waals surface area contributed by atoms with Crippen LogP contribution >= 0.6 is 0 Å². The van der Waals surface area contributed by atoms with Crippen LogP contribution in [0.4, 0.5) is 0 Å². The summed E-state index contributed by atoms with van der Waals surface area (Å²) in [5, 5.41) is 0. The zero-order valence-electron chi connectivity index (χ0n) is 12.5. The predicted molar refractivity (Wildman–Crippen MR) is 80.6 cm³/mol. The summed E-state index contributed by atoms with van der Waals surface area (Å²) in [6.07, 6.45) is 3.46. The largest absolute Gasteiger partial charge is 0.461 e. The highest BCUT2D eigenvalue weighted by molar-refractivity contribution is 6.01. The average Bonchev–Trinajstić information content (AvgIpc) is 2.52. The fourth-order valence-corrected chi connectivity index (χ4v) is 2.18. The number of carbonyl (C=O) groups is 2. The molecule has 0 atom stereocenters. The molecule has 1 aromatic carbocycles. The van der Waals surface area contributed by atoms with Gasteiger partial charge in [-0.2, -0.15) is 0 Å². The van der Waals surface area contributed by atoms with Crippen molar-refractivity contribution in [2.24, 2.45) is 5.92 Å².